The van der Waals surface area contributed by atoms with Gasteiger partial charge in [0.25, 0.3) is 0 Å². The van der Waals surface area contributed by atoms with Crippen LogP contribution in [-0.4, -0.2) is 72.7 Å². The van der Waals surface area contributed by atoms with Crippen molar-refractivity contribution in [3.8, 4) is 0 Å². The van der Waals surface area contributed by atoms with Gasteiger partial charge < -0.3 is 10.6 Å². The van der Waals surface area contributed by atoms with E-state index in [1.807, 2.05) is 0 Å². The third kappa shape index (κ3) is 7.50. The van der Waals surface area contributed by atoms with Gasteiger partial charge in [0.05, 0.1) is 6.54 Å². The first-order valence-corrected chi connectivity index (χ1v) is 10.6. The Bertz CT molecular complexity index is 399. The molecule has 154 valence electrons. The van der Waals surface area contributed by atoms with Gasteiger partial charge in [-0.25, -0.2) is 0 Å². The highest BCUT2D eigenvalue weighted by Gasteiger charge is 2.30. The Labute approximate surface area is 178 Å². The molecule has 1 aliphatic carbocycles. The number of hydrogen-bond acceptors (Lipinski definition) is 3. The summed E-state index contributed by atoms with van der Waals surface area (Å²) in [5.41, 5.74) is 0. The average Bonchev–Trinajstić information content (AvgIpc) is 3.21. The molecular formula is C20H42IN5. The average molecular weight is 479 g/mol. The first kappa shape index (κ1) is 24.0. The summed E-state index contributed by atoms with van der Waals surface area (Å²) in [5.74, 6) is 0.994. The van der Waals surface area contributed by atoms with Crippen molar-refractivity contribution in [1.29, 1.82) is 0 Å². The van der Waals surface area contributed by atoms with Crippen molar-refractivity contribution in [1.82, 2.24) is 20.4 Å². The van der Waals surface area contributed by atoms with Crippen LogP contribution in [0.15, 0.2) is 4.99 Å². The minimum Gasteiger partial charge on any atom is -0.357 e. The fourth-order valence-corrected chi connectivity index (χ4v) is 4.41. The number of nitrogens with one attached hydrogen (secondary N) is 2. The van der Waals surface area contributed by atoms with Gasteiger partial charge in [-0.1, -0.05) is 12.8 Å². The van der Waals surface area contributed by atoms with E-state index < -0.39 is 0 Å². The molecule has 1 atom stereocenters. The van der Waals surface area contributed by atoms with Crippen LogP contribution in [0.25, 0.3) is 0 Å². The summed E-state index contributed by atoms with van der Waals surface area (Å²) in [5, 5.41) is 7.11. The zero-order valence-corrected chi connectivity index (χ0v) is 20.0. The summed E-state index contributed by atoms with van der Waals surface area (Å²) >= 11 is 0. The highest BCUT2D eigenvalue weighted by atomic mass is 127. The molecule has 1 aliphatic heterocycles. The van der Waals surface area contributed by atoms with E-state index in [1.54, 1.807) is 0 Å². The zero-order valence-electron chi connectivity index (χ0n) is 17.6. The number of hydrogen-bond donors (Lipinski definition) is 2. The van der Waals surface area contributed by atoms with Gasteiger partial charge >= 0.3 is 0 Å². The number of nitrogens with zero attached hydrogens (tertiary/aromatic N) is 3. The van der Waals surface area contributed by atoms with Gasteiger partial charge in [-0.05, 0) is 53.9 Å². The van der Waals surface area contributed by atoms with E-state index in [2.05, 4.69) is 55.1 Å². The van der Waals surface area contributed by atoms with Gasteiger partial charge in [0.15, 0.2) is 5.96 Å². The van der Waals surface area contributed by atoms with Gasteiger partial charge in [0.1, 0.15) is 0 Å². The number of aliphatic imine (C=N–C) groups is 1. The lowest BCUT2D eigenvalue weighted by atomic mass is 10.2. The lowest BCUT2D eigenvalue weighted by Gasteiger charge is -2.30. The molecule has 0 aromatic carbocycles. The summed E-state index contributed by atoms with van der Waals surface area (Å²) in [6.45, 7) is 16.4. The SMILES string of the molecule is CCNC(=NCCN(C(C)C)C(C)C)NC1CCN(C2CCCC2)C1.I. The van der Waals surface area contributed by atoms with Gasteiger partial charge in [0, 0.05) is 50.3 Å². The second kappa shape index (κ2) is 12.4. The zero-order chi connectivity index (χ0) is 18.2. The Morgan fingerprint density at radius 3 is 2.35 bits per heavy atom. The molecule has 0 aromatic rings. The van der Waals surface area contributed by atoms with E-state index >= 15 is 0 Å². The van der Waals surface area contributed by atoms with Crippen molar-refractivity contribution in [3.63, 3.8) is 0 Å². The highest BCUT2D eigenvalue weighted by Crippen LogP contribution is 2.26. The largest absolute Gasteiger partial charge is 0.357 e. The molecule has 26 heavy (non-hydrogen) atoms. The topological polar surface area (TPSA) is 42.9 Å². The first-order valence-electron chi connectivity index (χ1n) is 10.6. The van der Waals surface area contributed by atoms with Crippen molar-refractivity contribution in [2.45, 2.75) is 90.9 Å². The standard InChI is InChI=1S/C20H41N5.HI/c1-6-21-20(22-12-14-25(16(2)3)17(4)5)23-18-11-13-24(15-18)19-9-7-8-10-19;/h16-19H,6-15H2,1-5H3,(H2,21,22,23);1H. The molecule has 1 saturated carbocycles. The second-order valence-corrected chi connectivity index (χ2v) is 8.25. The lowest BCUT2D eigenvalue weighted by Crippen LogP contribution is -2.46. The number of guanidine groups is 1. The van der Waals surface area contributed by atoms with Crippen LogP contribution < -0.4 is 10.6 Å². The maximum Gasteiger partial charge on any atom is 0.191 e. The van der Waals surface area contributed by atoms with Crippen LogP contribution in [0, 0.1) is 0 Å². The molecule has 2 N–H and O–H groups in total. The first-order chi connectivity index (χ1) is 12.0. The van der Waals surface area contributed by atoms with Crippen LogP contribution in [0.1, 0.15) is 66.7 Å². The minimum atomic E-state index is 0. The Hall–Kier alpha value is -0.0800. The van der Waals surface area contributed by atoms with Crippen molar-refractivity contribution >= 4 is 29.9 Å². The van der Waals surface area contributed by atoms with E-state index in [9.17, 15) is 0 Å². The van der Waals surface area contributed by atoms with Crippen LogP contribution in [0.2, 0.25) is 0 Å². The Balaban J connectivity index is 0.00000338. The summed E-state index contributed by atoms with van der Waals surface area (Å²) in [6.07, 6.45) is 6.89. The maximum atomic E-state index is 4.84. The van der Waals surface area contributed by atoms with Crippen LogP contribution in [0.5, 0.6) is 0 Å². The molecular weight excluding hydrogens is 437 g/mol. The Kier molecular flexibility index (Phi) is 11.4. The monoisotopic (exact) mass is 479 g/mol. The highest BCUT2D eigenvalue weighted by molar-refractivity contribution is 14.0. The molecule has 2 aliphatic rings. The quantitative estimate of drug-likeness (QED) is 0.319. The van der Waals surface area contributed by atoms with Gasteiger partial charge in [-0.3, -0.25) is 14.8 Å². The molecule has 0 radical (unpaired) electrons. The van der Waals surface area contributed by atoms with Crippen LogP contribution in [-0.2, 0) is 0 Å². The van der Waals surface area contributed by atoms with E-state index in [1.165, 1.54) is 45.2 Å². The molecule has 2 rings (SSSR count). The van der Waals surface area contributed by atoms with E-state index in [0.29, 0.717) is 18.1 Å². The molecule has 0 bridgehead atoms. The fraction of sp³-hybridized carbons (Fsp3) is 0.950. The number of halogens is 1. The van der Waals surface area contributed by atoms with Crippen molar-refractivity contribution in [2.24, 2.45) is 4.99 Å². The van der Waals surface area contributed by atoms with E-state index in [-0.39, 0.29) is 24.0 Å². The number of likely N-dealkylation sites (tertiary alicyclic amines) is 1. The van der Waals surface area contributed by atoms with Crippen LogP contribution in [0.3, 0.4) is 0 Å². The molecule has 5 nitrogen and oxygen atoms in total. The van der Waals surface area contributed by atoms with E-state index in [0.717, 1.165) is 31.6 Å². The molecule has 1 unspecified atom stereocenters. The van der Waals surface area contributed by atoms with Crippen LogP contribution >= 0.6 is 24.0 Å². The summed E-state index contributed by atoms with van der Waals surface area (Å²) < 4.78 is 0. The summed E-state index contributed by atoms with van der Waals surface area (Å²) in [7, 11) is 0. The molecule has 0 spiro atoms. The molecule has 2 fully saturated rings. The smallest absolute Gasteiger partial charge is 0.191 e. The Morgan fingerprint density at radius 2 is 1.77 bits per heavy atom. The summed E-state index contributed by atoms with van der Waals surface area (Å²) in [4.78, 5) is 10.0. The van der Waals surface area contributed by atoms with Crippen molar-refractivity contribution < 1.29 is 0 Å². The molecule has 1 saturated heterocycles. The molecule has 1 heterocycles. The van der Waals surface area contributed by atoms with Gasteiger partial charge in [-0.15, -0.1) is 24.0 Å². The maximum absolute atomic E-state index is 4.84. The Morgan fingerprint density at radius 1 is 1.12 bits per heavy atom. The molecule has 0 amide bonds. The van der Waals surface area contributed by atoms with Crippen molar-refractivity contribution in [3.05, 3.63) is 0 Å². The third-order valence-electron chi connectivity index (χ3n) is 5.70. The van der Waals surface area contributed by atoms with Crippen molar-refractivity contribution in [2.75, 3.05) is 32.7 Å². The predicted molar refractivity (Wildman–Crippen MR) is 124 cm³/mol. The lowest BCUT2D eigenvalue weighted by molar-refractivity contribution is 0.181. The molecule has 0 aromatic heterocycles. The fourth-order valence-electron chi connectivity index (χ4n) is 4.41. The normalized spacial score (nSPS) is 22.5. The van der Waals surface area contributed by atoms with Gasteiger partial charge in [-0.2, -0.15) is 0 Å². The van der Waals surface area contributed by atoms with E-state index in [4.69, 9.17) is 4.99 Å². The van der Waals surface area contributed by atoms with Crippen LogP contribution in [0.4, 0.5) is 0 Å². The minimum absolute atomic E-state index is 0. The summed E-state index contributed by atoms with van der Waals surface area (Å²) in [6, 6.07) is 2.53. The second-order valence-electron chi connectivity index (χ2n) is 8.25. The molecule has 6 heteroatoms. The number of rotatable bonds is 8. The third-order valence-corrected chi connectivity index (χ3v) is 5.70. The van der Waals surface area contributed by atoms with Gasteiger partial charge in [0.2, 0.25) is 0 Å². The predicted octanol–water partition coefficient (Wildman–Crippen LogP) is 3.30.